The van der Waals surface area contributed by atoms with E-state index in [0.29, 0.717) is 18.9 Å². The Morgan fingerprint density at radius 2 is 1.55 bits per heavy atom. The first-order valence-electron chi connectivity index (χ1n) is 9.86. The van der Waals surface area contributed by atoms with Crippen LogP contribution in [0.15, 0.2) is 48.5 Å². The third kappa shape index (κ3) is 4.05. The number of morpholine rings is 1. The molecule has 2 aliphatic heterocycles. The number of imide groups is 1. The minimum absolute atomic E-state index is 0.152. The summed E-state index contributed by atoms with van der Waals surface area (Å²) in [4.78, 5) is 31.0. The van der Waals surface area contributed by atoms with E-state index < -0.39 is 6.04 Å². The van der Waals surface area contributed by atoms with Crippen LogP contribution in [-0.2, 0) is 14.3 Å². The number of rotatable bonds is 5. The van der Waals surface area contributed by atoms with E-state index in [0.717, 1.165) is 30.2 Å². The van der Waals surface area contributed by atoms with Crippen LogP contribution in [0.4, 0.5) is 22.7 Å². The van der Waals surface area contributed by atoms with Crippen LogP contribution in [0.3, 0.4) is 0 Å². The fourth-order valence-electron chi connectivity index (χ4n) is 3.71. The third-order valence-electron chi connectivity index (χ3n) is 5.36. The highest BCUT2D eigenvalue weighted by molar-refractivity contribution is 6.23. The first-order valence-corrected chi connectivity index (χ1v) is 9.86. The maximum absolute atomic E-state index is 12.9. The average Bonchev–Trinajstić information content (AvgIpc) is 3.02. The Morgan fingerprint density at radius 3 is 2.17 bits per heavy atom. The zero-order chi connectivity index (χ0) is 20.4. The van der Waals surface area contributed by atoms with E-state index in [1.165, 1.54) is 4.90 Å². The molecule has 7 nitrogen and oxygen atoms in total. The van der Waals surface area contributed by atoms with Crippen molar-refractivity contribution in [2.24, 2.45) is 0 Å². The van der Waals surface area contributed by atoms with Crippen molar-refractivity contribution in [3.63, 3.8) is 0 Å². The van der Waals surface area contributed by atoms with Gasteiger partial charge in [0, 0.05) is 44.2 Å². The van der Waals surface area contributed by atoms with E-state index in [-0.39, 0.29) is 18.2 Å². The third-order valence-corrected chi connectivity index (χ3v) is 5.36. The van der Waals surface area contributed by atoms with E-state index >= 15 is 0 Å². The van der Waals surface area contributed by atoms with Crippen LogP contribution in [0.1, 0.15) is 6.42 Å². The van der Waals surface area contributed by atoms with E-state index in [4.69, 9.17) is 4.74 Å². The van der Waals surface area contributed by atoms with Gasteiger partial charge in [-0.2, -0.15) is 0 Å². The van der Waals surface area contributed by atoms with Crippen LogP contribution in [-0.4, -0.2) is 58.3 Å². The van der Waals surface area contributed by atoms with Gasteiger partial charge < -0.3 is 19.9 Å². The minimum Gasteiger partial charge on any atom is -0.378 e. The van der Waals surface area contributed by atoms with Gasteiger partial charge in [0.05, 0.1) is 25.3 Å². The van der Waals surface area contributed by atoms with Crippen molar-refractivity contribution < 1.29 is 14.3 Å². The summed E-state index contributed by atoms with van der Waals surface area (Å²) in [7, 11) is 3.95. The molecule has 2 fully saturated rings. The quantitative estimate of drug-likeness (QED) is 0.786. The number of carbonyl (C=O) groups excluding carboxylic acids is 2. The summed E-state index contributed by atoms with van der Waals surface area (Å²) in [5.74, 6) is -0.401. The molecule has 1 N–H and O–H groups in total. The summed E-state index contributed by atoms with van der Waals surface area (Å²) in [6.07, 6.45) is 0.152. The smallest absolute Gasteiger partial charge is 0.256 e. The molecule has 0 saturated carbocycles. The minimum atomic E-state index is -0.549. The first kappa shape index (κ1) is 19.3. The number of benzene rings is 2. The van der Waals surface area contributed by atoms with Crippen LogP contribution in [0, 0.1) is 0 Å². The number of amides is 2. The molecule has 0 unspecified atom stereocenters. The summed E-state index contributed by atoms with van der Waals surface area (Å²) >= 11 is 0. The Balaban J connectivity index is 1.45. The van der Waals surface area contributed by atoms with Gasteiger partial charge >= 0.3 is 0 Å². The Hall–Kier alpha value is -3.06. The van der Waals surface area contributed by atoms with Gasteiger partial charge in [0.2, 0.25) is 5.91 Å². The standard InChI is InChI=1S/C22H26N4O3/c1-24(2)17-5-3-16(4-6-17)23-20-15-21(27)26(22(20)28)19-9-7-18(8-10-19)25-11-13-29-14-12-25/h3-10,20,23H,11-15H2,1-2H3/t20-/m0/s1. The first-order chi connectivity index (χ1) is 14.0. The second-order valence-electron chi connectivity index (χ2n) is 7.53. The summed E-state index contributed by atoms with van der Waals surface area (Å²) in [5.41, 5.74) is 3.59. The Morgan fingerprint density at radius 1 is 0.931 bits per heavy atom. The summed E-state index contributed by atoms with van der Waals surface area (Å²) < 4.78 is 5.38. The van der Waals surface area contributed by atoms with Crippen molar-refractivity contribution in [3.8, 4) is 0 Å². The van der Waals surface area contributed by atoms with E-state index in [1.807, 2.05) is 67.5 Å². The van der Waals surface area contributed by atoms with Crippen molar-refractivity contribution in [2.75, 3.05) is 60.4 Å². The largest absolute Gasteiger partial charge is 0.378 e. The number of hydrogen-bond acceptors (Lipinski definition) is 6. The van der Waals surface area contributed by atoms with Crippen molar-refractivity contribution in [1.29, 1.82) is 0 Å². The maximum atomic E-state index is 12.9. The summed E-state index contributed by atoms with van der Waals surface area (Å²) in [5, 5.41) is 3.20. The Bertz CT molecular complexity index is 874. The van der Waals surface area contributed by atoms with Crippen LogP contribution in [0.2, 0.25) is 0 Å². The van der Waals surface area contributed by atoms with Crippen molar-refractivity contribution in [1.82, 2.24) is 0 Å². The zero-order valence-corrected chi connectivity index (χ0v) is 16.8. The molecular formula is C22H26N4O3. The number of ether oxygens (including phenoxy) is 1. The highest BCUT2D eigenvalue weighted by Gasteiger charge is 2.39. The molecule has 4 rings (SSSR count). The normalized spacial score (nSPS) is 19.6. The molecule has 0 aromatic heterocycles. The van der Waals surface area contributed by atoms with E-state index in [1.54, 1.807) is 0 Å². The molecule has 0 spiro atoms. The lowest BCUT2D eigenvalue weighted by Crippen LogP contribution is -2.36. The monoisotopic (exact) mass is 394 g/mol. The lowest BCUT2D eigenvalue weighted by molar-refractivity contribution is -0.121. The molecule has 29 heavy (non-hydrogen) atoms. The van der Waals surface area contributed by atoms with Gasteiger partial charge in [-0.1, -0.05) is 0 Å². The van der Waals surface area contributed by atoms with Crippen LogP contribution in [0.25, 0.3) is 0 Å². The highest BCUT2D eigenvalue weighted by atomic mass is 16.5. The predicted octanol–water partition coefficient (Wildman–Crippen LogP) is 2.33. The second-order valence-corrected chi connectivity index (χ2v) is 7.53. The molecule has 1 atom stereocenters. The molecule has 152 valence electrons. The van der Waals surface area contributed by atoms with Crippen molar-refractivity contribution in [3.05, 3.63) is 48.5 Å². The number of nitrogens with zero attached hydrogens (tertiary/aromatic N) is 3. The lowest BCUT2D eigenvalue weighted by atomic mass is 10.2. The molecule has 0 bridgehead atoms. The Labute approximate surface area is 170 Å². The molecule has 7 heteroatoms. The van der Waals surface area contributed by atoms with Crippen LogP contribution < -0.4 is 20.0 Å². The number of anilines is 4. The molecule has 2 aromatic rings. The average molecular weight is 394 g/mol. The van der Waals surface area contributed by atoms with Crippen molar-refractivity contribution in [2.45, 2.75) is 12.5 Å². The van der Waals surface area contributed by atoms with Gasteiger partial charge in [-0.3, -0.25) is 9.59 Å². The van der Waals surface area contributed by atoms with Gasteiger partial charge in [0.15, 0.2) is 0 Å². The summed E-state index contributed by atoms with van der Waals surface area (Å²) in [6.45, 7) is 3.13. The molecule has 2 amide bonds. The van der Waals surface area contributed by atoms with Crippen molar-refractivity contribution >= 4 is 34.6 Å². The fourth-order valence-corrected chi connectivity index (χ4v) is 3.71. The molecule has 2 aromatic carbocycles. The highest BCUT2D eigenvalue weighted by Crippen LogP contribution is 2.28. The summed E-state index contributed by atoms with van der Waals surface area (Å²) in [6, 6.07) is 14.9. The predicted molar refractivity (Wildman–Crippen MR) is 115 cm³/mol. The van der Waals surface area contributed by atoms with Gasteiger partial charge in [0.25, 0.3) is 5.91 Å². The SMILES string of the molecule is CN(C)c1ccc(N[C@H]2CC(=O)N(c3ccc(N4CCOCC4)cc3)C2=O)cc1. The molecule has 2 saturated heterocycles. The molecule has 0 radical (unpaired) electrons. The van der Waals surface area contributed by atoms with E-state index in [9.17, 15) is 9.59 Å². The molecular weight excluding hydrogens is 368 g/mol. The van der Waals surface area contributed by atoms with E-state index in [2.05, 4.69) is 10.2 Å². The lowest BCUT2D eigenvalue weighted by Gasteiger charge is -2.29. The number of hydrogen-bond donors (Lipinski definition) is 1. The maximum Gasteiger partial charge on any atom is 0.256 e. The Kier molecular flexibility index (Phi) is 5.40. The molecule has 2 aliphatic rings. The number of carbonyl (C=O) groups is 2. The second kappa shape index (κ2) is 8.13. The van der Waals surface area contributed by atoms with Gasteiger partial charge in [-0.25, -0.2) is 4.90 Å². The van der Waals surface area contributed by atoms with Crippen LogP contribution >= 0.6 is 0 Å². The van der Waals surface area contributed by atoms with Crippen LogP contribution in [0.5, 0.6) is 0 Å². The topological polar surface area (TPSA) is 65.1 Å². The fraction of sp³-hybridized carbons (Fsp3) is 0.364. The van der Waals surface area contributed by atoms with Gasteiger partial charge in [0.1, 0.15) is 6.04 Å². The zero-order valence-electron chi connectivity index (χ0n) is 16.8. The van der Waals surface area contributed by atoms with Gasteiger partial charge in [-0.15, -0.1) is 0 Å². The molecule has 2 heterocycles. The molecule has 0 aliphatic carbocycles. The number of nitrogens with one attached hydrogen (secondary N) is 1. The van der Waals surface area contributed by atoms with Gasteiger partial charge in [-0.05, 0) is 48.5 Å².